The van der Waals surface area contributed by atoms with Crippen LogP contribution >= 0.6 is 15.9 Å². The Balaban J connectivity index is 1.78. The van der Waals surface area contributed by atoms with Gasteiger partial charge in [0.2, 0.25) is 0 Å². The minimum atomic E-state index is -0.905. The molecule has 1 aliphatic heterocycles. The van der Waals surface area contributed by atoms with Crippen LogP contribution in [0.1, 0.15) is 21.5 Å². The van der Waals surface area contributed by atoms with Crippen LogP contribution in [0.25, 0.3) is 0 Å². The van der Waals surface area contributed by atoms with Gasteiger partial charge < -0.3 is 24.2 Å². The van der Waals surface area contributed by atoms with Crippen LogP contribution in [-0.4, -0.2) is 51.6 Å². The molecule has 0 aliphatic carbocycles. The number of aromatic carboxylic acids is 1. The molecular formula is C21H24BrNO5. The maximum atomic E-state index is 11.8. The quantitative estimate of drug-likeness (QED) is 0.693. The molecule has 7 heteroatoms. The monoisotopic (exact) mass is 449 g/mol. The molecule has 1 fully saturated rings. The second kappa shape index (κ2) is 9.30. The third-order valence-electron chi connectivity index (χ3n) is 4.84. The van der Waals surface area contributed by atoms with Crippen LogP contribution in [-0.2, 0) is 17.6 Å². The third-order valence-corrected chi connectivity index (χ3v) is 5.43. The van der Waals surface area contributed by atoms with Crippen LogP contribution < -0.4 is 14.4 Å². The van der Waals surface area contributed by atoms with Crippen LogP contribution in [0.2, 0.25) is 0 Å². The van der Waals surface area contributed by atoms with Crippen LogP contribution in [0, 0.1) is 0 Å². The van der Waals surface area contributed by atoms with Crippen LogP contribution in [0.3, 0.4) is 0 Å². The zero-order chi connectivity index (χ0) is 20.1. The number of ether oxygens (including phenoxy) is 3. The molecule has 1 saturated heterocycles. The summed E-state index contributed by atoms with van der Waals surface area (Å²) in [5.41, 5.74) is 3.17. The molecule has 0 radical (unpaired) electrons. The van der Waals surface area contributed by atoms with Crippen molar-refractivity contribution in [3.05, 3.63) is 51.5 Å². The lowest BCUT2D eigenvalue weighted by Gasteiger charge is -2.30. The van der Waals surface area contributed by atoms with E-state index >= 15 is 0 Å². The number of carbonyl (C=O) groups is 1. The number of benzene rings is 2. The highest BCUT2D eigenvalue weighted by Crippen LogP contribution is 2.36. The Morgan fingerprint density at radius 1 is 1.11 bits per heavy atom. The summed E-state index contributed by atoms with van der Waals surface area (Å²) in [5, 5.41) is 9.67. The highest BCUT2D eigenvalue weighted by molar-refractivity contribution is 9.10. The van der Waals surface area contributed by atoms with Gasteiger partial charge in [-0.05, 0) is 64.2 Å². The average molecular weight is 450 g/mol. The van der Waals surface area contributed by atoms with E-state index in [1.807, 2.05) is 24.3 Å². The van der Waals surface area contributed by atoms with Gasteiger partial charge in [-0.3, -0.25) is 0 Å². The molecule has 0 atom stereocenters. The second-order valence-corrected chi connectivity index (χ2v) is 7.42. The summed E-state index contributed by atoms with van der Waals surface area (Å²) in [4.78, 5) is 13.9. The maximum absolute atomic E-state index is 11.8. The number of hydrogen-bond donors (Lipinski definition) is 1. The smallest absolute Gasteiger partial charge is 0.337 e. The standard InChI is InChI=1S/C21H24BrNO5/c1-26-19-13-15(12-17(22)20(19)27-2)4-3-14-5-6-18(16(11-14)21(24)25)23-7-9-28-10-8-23/h5-6,11-13H,3-4,7-10H2,1-2H3,(H,24,25). The topological polar surface area (TPSA) is 68.2 Å². The van der Waals surface area contributed by atoms with Gasteiger partial charge in [0.25, 0.3) is 0 Å². The third kappa shape index (κ3) is 4.59. The maximum Gasteiger partial charge on any atom is 0.337 e. The van der Waals surface area contributed by atoms with Gasteiger partial charge in [-0.15, -0.1) is 0 Å². The van der Waals surface area contributed by atoms with Crippen LogP contribution in [0.4, 0.5) is 5.69 Å². The van der Waals surface area contributed by atoms with E-state index in [0.29, 0.717) is 43.4 Å². The fraction of sp³-hybridized carbons (Fsp3) is 0.381. The number of carboxylic acids is 1. The molecule has 1 N–H and O–H groups in total. The van der Waals surface area contributed by atoms with Crippen molar-refractivity contribution >= 4 is 27.6 Å². The van der Waals surface area contributed by atoms with Gasteiger partial charge in [0, 0.05) is 13.1 Å². The summed E-state index contributed by atoms with van der Waals surface area (Å²) in [6.07, 6.45) is 1.49. The van der Waals surface area contributed by atoms with Crippen LogP contribution in [0.5, 0.6) is 11.5 Å². The fourth-order valence-electron chi connectivity index (χ4n) is 3.39. The Morgan fingerprint density at radius 2 is 1.82 bits per heavy atom. The van der Waals surface area contributed by atoms with E-state index in [0.717, 1.165) is 34.1 Å². The highest BCUT2D eigenvalue weighted by Gasteiger charge is 2.19. The number of methoxy groups -OCH3 is 2. The first kappa shape index (κ1) is 20.5. The van der Waals surface area contributed by atoms with Crippen molar-refractivity contribution in [3.8, 4) is 11.5 Å². The summed E-state index contributed by atoms with van der Waals surface area (Å²) in [7, 11) is 3.21. The van der Waals surface area contributed by atoms with Crippen molar-refractivity contribution in [1.29, 1.82) is 0 Å². The number of aryl methyl sites for hydroxylation is 2. The highest BCUT2D eigenvalue weighted by atomic mass is 79.9. The lowest BCUT2D eigenvalue weighted by molar-refractivity contribution is 0.0696. The molecule has 2 aromatic rings. The SMILES string of the molecule is COc1cc(CCc2ccc(N3CCOCC3)c(C(=O)O)c2)cc(Br)c1OC. The average Bonchev–Trinajstić information content (AvgIpc) is 2.72. The summed E-state index contributed by atoms with van der Waals surface area (Å²) in [6.45, 7) is 2.66. The summed E-state index contributed by atoms with van der Waals surface area (Å²) in [5.74, 6) is 0.423. The van der Waals surface area contributed by atoms with E-state index in [4.69, 9.17) is 14.2 Å². The molecule has 28 heavy (non-hydrogen) atoms. The van der Waals surface area contributed by atoms with E-state index in [2.05, 4.69) is 20.8 Å². The Hall–Kier alpha value is -2.25. The normalized spacial score (nSPS) is 14.0. The molecule has 6 nitrogen and oxygen atoms in total. The molecule has 0 bridgehead atoms. The van der Waals surface area contributed by atoms with E-state index in [1.54, 1.807) is 20.3 Å². The minimum Gasteiger partial charge on any atom is -0.493 e. The zero-order valence-corrected chi connectivity index (χ0v) is 17.6. The van der Waals surface area contributed by atoms with Crippen molar-refractivity contribution in [2.45, 2.75) is 12.8 Å². The molecule has 0 aromatic heterocycles. The Bertz CT molecular complexity index is 849. The largest absolute Gasteiger partial charge is 0.493 e. The predicted molar refractivity (Wildman–Crippen MR) is 111 cm³/mol. The lowest BCUT2D eigenvalue weighted by Crippen LogP contribution is -2.37. The van der Waals surface area contributed by atoms with Crippen molar-refractivity contribution in [2.75, 3.05) is 45.4 Å². The van der Waals surface area contributed by atoms with Gasteiger partial charge in [0.1, 0.15) is 0 Å². The van der Waals surface area contributed by atoms with Crippen LogP contribution in [0.15, 0.2) is 34.8 Å². The van der Waals surface area contributed by atoms with E-state index < -0.39 is 5.97 Å². The molecule has 0 saturated carbocycles. The van der Waals surface area contributed by atoms with E-state index in [9.17, 15) is 9.90 Å². The number of morpholine rings is 1. The molecule has 150 valence electrons. The van der Waals surface area contributed by atoms with Gasteiger partial charge in [0.15, 0.2) is 11.5 Å². The lowest BCUT2D eigenvalue weighted by atomic mass is 10.0. The predicted octanol–water partition coefficient (Wildman–Crippen LogP) is 3.79. The molecule has 0 spiro atoms. The molecule has 1 aliphatic rings. The first-order valence-corrected chi connectivity index (χ1v) is 9.92. The number of rotatable bonds is 7. The first-order chi connectivity index (χ1) is 13.5. The summed E-state index contributed by atoms with van der Waals surface area (Å²) in [6, 6.07) is 9.65. The van der Waals surface area contributed by atoms with Gasteiger partial charge >= 0.3 is 5.97 Å². The number of anilines is 1. The molecule has 0 unspecified atom stereocenters. The molecule has 1 heterocycles. The Labute approximate surface area is 173 Å². The van der Waals surface area contributed by atoms with E-state index in [-0.39, 0.29) is 0 Å². The number of carboxylic acid groups (broad SMARTS) is 1. The zero-order valence-electron chi connectivity index (χ0n) is 16.0. The Kier molecular flexibility index (Phi) is 6.80. The van der Waals surface area contributed by atoms with Gasteiger partial charge in [0.05, 0.1) is 43.2 Å². The van der Waals surface area contributed by atoms with Gasteiger partial charge in [-0.25, -0.2) is 4.79 Å². The molecule has 0 amide bonds. The number of nitrogens with zero attached hydrogens (tertiary/aromatic N) is 1. The number of halogens is 1. The Morgan fingerprint density at radius 3 is 2.46 bits per heavy atom. The minimum absolute atomic E-state index is 0.341. The van der Waals surface area contributed by atoms with Gasteiger partial charge in [-0.1, -0.05) is 6.07 Å². The fourth-order valence-corrected chi connectivity index (χ4v) is 4.05. The summed E-state index contributed by atoms with van der Waals surface area (Å²) >= 11 is 3.51. The van der Waals surface area contributed by atoms with Crippen molar-refractivity contribution in [2.24, 2.45) is 0 Å². The van der Waals surface area contributed by atoms with E-state index in [1.165, 1.54) is 0 Å². The second-order valence-electron chi connectivity index (χ2n) is 6.57. The number of hydrogen-bond acceptors (Lipinski definition) is 5. The van der Waals surface area contributed by atoms with Crippen molar-refractivity contribution < 1.29 is 24.1 Å². The van der Waals surface area contributed by atoms with Crippen molar-refractivity contribution in [1.82, 2.24) is 0 Å². The first-order valence-electron chi connectivity index (χ1n) is 9.12. The molecule has 3 rings (SSSR count). The molecule has 2 aromatic carbocycles. The van der Waals surface area contributed by atoms with Gasteiger partial charge in [-0.2, -0.15) is 0 Å². The van der Waals surface area contributed by atoms with Crippen molar-refractivity contribution in [3.63, 3.8) is 0 Å². The summed E-state index contributed by atoms with van der Waals surface area (Å²) < 4.78 is 16.9. The molecular weight excluding hydrogens is 426 g/mol.